The second-order valence-corrected chi connectivity index (χ2v) is 5.80. The van der Waals surface area contributed by atoms with E-state index in [0.717, 1.165) is 43.7 Å². The molecule has 1 saturated carbocycles. The third-order valence-corrected chi connectivity index (χ3v) is 4.42. The molecule has 5 heteroatoms. The fraction of sp³-hybridized carbons (Fsp3) is 0.467. The van der Waals surface area contributed by atoms with E-state index >= 15 is 0 Å². The van der Waals surface area contributed by atoms with Crippen LogP contribution in [0.3, 0.4) is 0 Å². The lowest BCUT2D eigenvalue weighted by molar-refractivity contribution is 0.275. The molecule has 20 heavy (non-hydrogen) atoms. The van der Waals surface area contributed by atoms with Gasteiger partial charge in [0.1, 0.15) is 0 Å². The number of halogens is 1. The summed E-state index contributed by atoms with van der Waals surface area (Å²) in [5, 5.41) is 4.71. The van der Waals surface area contributed by atoms with E-state index in [1.807, 2.05) is 24.3 Å². The summed E-state index contributed by atoms with van der Waals surface area (Å²) in [7, 11) is 0. The number of hydrogen-bond acceptors (Lipinski definition) is 4. The highest BCUT2D eigenvalue weighted by atomic mass is 35.5. The van der Waals surface area contributed by atoms with Gasteiger partial charge in [0, 0.05) is 11.5 Å². The SMILES string of the molecule is NCC1CCC(c2nc(-c3ccccc3Cl)no2)CC1. The highest BCUT2D eigenvalue weighted by molar-refractivity contribution is 6.33. The van der Waals surface area contributed by atoms with Crippen LogP contribution in [0.2, 0.25) is 5.02 Å². The van der Waals surface area contributed by atoms with E-state index in [2.05, 4.69) is 10.1 Å². The molecule has 0 radical (unpaired) electrons. The Morgan fingerprint density at radius 1 is 1.20 bits per heavy atom. The molecule has 4 nitrogen and oxygen atoms in total. The average molecular weight is 292 g/mol. The predicted molar refractivity (Wildman–Crippen MR) is 78.5 cm³/mol. The van der Waals surface area contributed by atoms with E-state index in [9.17, 15) is 0 Å². The van der Waals surface area contributed by atoms with Gasteiger partial charge in [0.2, 0.25) is 11.7 Å². The minimum Gasteiger partial charge on any atom is -0.339 e. The van der Waals surface area contributed by atoms with Gasteiger partial charge in [-0.25, -0.2) is 0 Å². The van der Waals surface area contributed by atoms with Gasteiger partial charge in [0.05, 0.1) is 5.02 Å². The van der Waals surface area contributed by atoms with Crippen LogP contribution < -0.4 is 5.73 Å². The first-order valence-electron chi connectivity index (χ1n) is 7.06. The van der Waals surface area contributed by atoms with E-state index in [0.29, 0.717) is 22.7 Å². The number of nitrogens with two attached hydrogens (primary N) is 1. The van der Waals surface area contributed by atoms with Gasteiger partial charge in [-0.3, -0.25) is 0 Å². The van der Waals surface area contributed by atoms with E-state index < -0.39 is 0 Å². The lowest BCUT2D eigenvalue weighted by atomic mass is 9.82. The summed E-state index contributed by atoms with van der Waals surface area (Å²) in [5.74, 6) is 2.32. The van der Waals surface area contributed by atoms with Crippen LogP contribution in [-0.4, -0.2) is 16.7 Å². The number of rotatable bonds is 3. The van der Waals surface area contributed by atoms with Gasteiger partial charge < -0.3 is 10.3 Å². The predicted octanol–water partition coefficient (Wildman–Crippen LogP) is 3.62. The molecule has 106 valence electrons. The van der Waals surface area contributed by atoms with Gasteiger partial charge in [0.15, 0.2) is 0 Å². The highest BCUT2D eigenvalue weighted by Gasteiger charge is 2.26. The lowest BCUT2D eigenvalue weighted by Gasteiger charge is -2.24. The molecule has 0 saturated heterocycles. The van der Waals surface area contributed by atoms with Crippen molar-refractivity contribution in [1.82, 2.24) is 10.1 Å². The number of benzene rings is 1. The monoisotopic (exact) mass is 291 g/mol. The Labute approximate surface area is 123 Å². The molecule has 0 spiro atoms. The first kappa shape index (κ1) is 13.6. The summed E-state index contributed by atoms with van der Waals surface area (Å²) in [4.78, 5) is 4.52. The largest absolute Gasteiger partial charge is 0.339 e. The Kier molecular flexibility index (Phi) is 4.03. The summed E-state index contributed by atoms with van der Waals surface area (Å²) in [6.07, 6.45) is 4.44. The molecular weight excluding hydrogens is 274 g/mol. The van der Waals surface area contributed by atoms with Gasteiger partial charge in [-0.15, -0.1) is 0 Å². The maximum Gasteiger partial charge on any atom is 0.230 e. The lowest BCUT2D eigenvalue weighted by Crippen LogP contribution is -2.20. The van der Waals surface area contributed by atoms with Gasteiger partial charge in [-0.05, 0) is 50.3 Å². The maximum absolute atomic E-state index is 6.16. The molecule has 1 fully saturated rings. The Bertz CT molecular complexity index is 576. The van der Waals surface area contributed by atoms with Crippen LogP contribution in [-0.2, 0) is 0 Å². The summed E-state index contributed by atoms with van der Waals surface area (Å²) >= 11 is 6.16. The fourth-order valence-corrected chi connectivity index (χ4v) is 3.02. The minimum absolute atomic E-state index is 0.363. The summed E-state index contributed by atoms with van der Waals surface area (Å²) in [6.45, 7) is 0.779. The molecule has 3 rings (SSSR count). The van der Waals surface area contributed by atoms with Gasteiger partial charge >= 0.3 is 0 Å². The zero-order valence-electron chi connectivity index (χ0n) is 11.3. The Morgan fingerprint density at radius 3 is 2.65 bits per heavy atom. The summed E-state index contributed by atoms with van der Waals surface area (Å²) in [6, 6.07) is 7.55. The number of nitrogens with zero attached hydrogens (tertiary/aromatic N) is 2. The van der Waals surface area contributed by atoms with Crippen molar-refractivity contribution in [3.05, 3.63) is 35.2 Å². The van der Waals surface area contributed by atoms with Gasteiger partial charge in [-0.1, -0.05) is 28.9 Å². The first-order valence-corrected chi connectivity index (χ1v) is 7.44. The average Bonchev–Trinajstić information content (AvgIpc) is 2.97. The van der Waals surface area contributed by atoms with E-state index in [1.54, 1.807) is 0 Å². The standard InChI is InChI=1S/C15H18ClN3O/c16-13-4-2-1-3-12(13)14-18-15(20-19-14)11-7-5-10(9-17)6-8-11/h1-4,10-11H,5-9,17H2. The molecule has 1 aromatic carbocycles. The molecule has 1 heterocycles. The van der Waals surface area contributed by atoms with Crippen LogP contribution >= 0.6 is 11.6 Å². The van der Waals surface area contributed by atoms with Crippen molar-refractivity contribution in [3.63, 3.8) is 0 Å². The molecule has 0 aliphatic heterocycles. The third kappa shape index (κ3) is 2.72. The topological polar surface area (TPSA) is 64.9 Å². The zero-order chi connectivity index (χ0) is 13.9. The van der Waals surface area contributed by atoms with Crippen molar-refractivity contribution < 1.29 is 4.52 Å². The minimum atomic E-state index is 0.363. The Hall–Kier alpha value is -1.39. The molecule has 1 aromatic heterocycles. The first-order chi connectivity index (χ1) is 9.78. The molecule has 0 amide bonds. The van der Waals surface area contributed by atoms with E-state index in [1.165, 1.54) is 0 Å². The van der Waals surface area contributed by atoms with Crippen LogP contribution in [0, 0.1) is 5.92 Å². The normalized spacial score (nSPS) is 22.9. The quantitative estimate of drug-likeness (QED) is 0.938. The van der Waals surface area contributed by atoms with E-state index in [-0.39, 0.29) is 0 Å². The molecule has 0 atom stereocenters. The van der Waals surface area contributed by atoms with Crippen molar-refractivity contribution in [1.29, 1.82) is 0 Å². The van der Waals surface area contributed by atoms with Gasteiger partial charge in [-0.2, -0.15) is 4.98 Å². The van der Waals surface area contributed by atoms with Crippen LogP contribution in [0.5, 0.6) is 0 Å². The second-order valence-electron chi connectivity index (χ2n) is 5.39. The van der Waals surface area contributed by atoms with Crippen molar-refractivity contribution in [2.24, 2.45) is 11.7 Å². The van der Waals surface area contributed by atoms with Crippen LogP contribution in [0.1, 0.15) is 37.5 Å². The van der Waals surface area contributed by atoms with Crippen LogP contribution in [0.15, 0.2) is 28.8 Å². The molecule has 1 aliphatic carbocycles. The highest BCUT2D eigenvalue weighted by Crippen LogP contribution is 2.35. The molecule has 0 bridgehead atoms. The van der Waals surface area contributed by atoms with Crippen molar-refractivity contribution in [3.8, 4) is 11.4 Å². The smallest absolute Gasteiger partial charge is 0.230 e. The van der Waals surface area contributed by atoms with E-state index in [4.69, 9.17) is 21.9 Å². The summed E-state index contributed by atoms with van der Waals surface area (Å²) < 4.78 is 5.43. The van der Waals surface area contributed by atoms with Crippen molar-refractivity contribution >= 4 is 11.6 Å². The fourth-order valence-electron chi connectivity index (χ4n) is 2.80. The van der Waals surface area contributed by atoms with Gasteiger partial charge in [0.25, 0.3) is 0 Å². The summed E-state index contributed by atoms with van der Waals surface area (Å²) in [5.41, 5.74) is 6.54. The number of aromatic nitrogens is 2. The molecular formula is C15H18ClN3O. The molecule has 1 aliphatic rings. The van der Waals surface area contributed by atoms with Crippen molar-refractivity contribution in [2.75, 3.05) is 6.54 Å². The third-order valence-electron chi connectivity index (χ3n) is 4.09. The zero-order valence-corrected chi connectivity index (χ0v) is 12.0. The maximum atomic E-state index is 6.16. The Morgan fingerprint density at radius 2 is 1.95 bits per heavy atom. The molecule has 2 N–H and O–H groups in total. The van der Waals surface area contributed by atoms with Crippen LogP contribution in [0.25, 0.3) is 11.4 Å². The Balaban J connectivity index is 1.76. The second kappa shape index (κ2) is 5.94. The number of hydrogen-bond donors (Lipinski definition) is 1. The molecule has 2 aromatic rings. The van der Waals surface area contributed by atoms with Crippen molar-refractivity contribution in [2.45, 2.75) is 31.6 Å². The molecule has 0 unspecified atom stereocenters. The van der Waals surface area contributed by atoms with Crippen LogP contribution in [0.4, 0.5) is 0 Å².